The summed E-state index contributed by atoms with van der Waals surface area (Å²) in [7, 11) is 0.215. The van der Waals surface area contributed by atoms with Crippen molar-refractivity contribution in [2.45, 2.75) is 13.3 Å². The first-order chi connectivity index (χ1) is 16.8. The van der Waals surface area contributed by atoms with E-state index in [1.165, 1.54) is 48.6 Å². The van der Waals surface area contributed by atoms with Crippen molar-refractivity contribution in [3.63, 3.8) is 0 Å². The number of hydrogen-bond donors (Lipinski definition) is 0. The predicted octanol–water partition coefficient (Wildman–Crippen LogP) is 9.02. The summed E-state index contributed by atoms with van der Waals surface area (Å²) in [4.78, 5) is 0. The highest BCUT2D eigenvalue weighted by atomic mass is 31.1. The molecule has 0 radical (unpaired) electrons. The summed E-state index contributed by atoms with van der Waals surface area (Å²) in [5.41, 5.74) is 1.22. The van der Waals surface area contributed by atoms with Crippen molar-refractivity contribution in [2.24, 2.45) is 0 Å². The summed E-state index contributed by atoms with van der Waals surface area (Å²) < 4.78 is 6.54. The van der Waals surface area contributed by atoms with E-state index in [9.17, 15) is 0 Å². The second-order valence-electron chi connectivity index (χ2n) is 8.68. The van der Waals surface area contributed by atoms with E-state index in [1.54, 1.807) is 0 Å². The van der Waals surface area contributed by atoms with Crippen LogP contribution in [0, 0.1) is 0 Å². The van der Waals surface area contributed by atoms with Crippen molar-refractivity contribution < 1.29 is 4.52 Å². The van der Waals surface area contributed by atoms with E-state index in [1.807, 2.05) is 0 Å². The Bertz CT molecular complexity index is 1700. The first-order valence-electron chi connectivity index (χ1n) is 11.8. The smallest absolute Gasteiger partial charge is 0.131 e. The molecule has 0 aliphatic carbocycles. The molecule has 0 saturated heterocycles. The van der Waals surface area contributed by atoms with Gasteiger partial charge in [0, 0.05) is 10.7 Å². The van der Waals surface area contributed by atoms with Gasteiger partial charge in [0.05, 0.1) is 0 Å². The lowest BCUT2D eigenvalue weighted by molar-refractivity contribution is 0.646. The van der Waals surface area contributed by atoms with Crippen LogP contribution < -0.4 is 9.83 Å². The molecule has 0 bridgehead atoms. The van der Waals surface area contributed by atoms with Crippen LogP contribution in [0.1, 0.15) is 18.9 Å². The summed E-state index contributed by atoms with van der Waals surface area (Å²) in [6, 6.07) is 37.1. The highest BCUT2D eigenvalue weighted by Gasteiger charge is 2.09. The molecule has 1 nitrogen and oxygen atoms in total. The lowest BCUT2D eigenvalue weighted by Crippen LogP contribution is -2.01. The van der Waals surface area contributed by atoms with Gasteiger partial charge in [0.25, 0.3) is 0 Å². The van der Waals surface area contributed by atoms with Gasteiger partial charge in [-0.2, -0.15) is 0 Å². The summed E-state index contributed by atoms with van der Waals surface area (Å²) in [5, 5.41) is 11.1. The molecular formula is C32H25OP. The third-order valence-corrected chi connectivity index (χ3v) is 7.32. The van der Waals surface area contributed by atoms with Gasteiger partial charge in [0.15, 0.2) is 0 Å². The minimum atomic E-state index is 0.215. The van der Waals surface area contributed by atoms with E-state index in [-0.39, 0.29) is 8.81 Å². The van der Waals surface area contributed by atoms with Crippen LogP contribution in [0.3, 0.4) is 0 Å². The molecule has 6 aromatic rings. The summed E-state index contributed by atoms with van der Waals surface area (Å²) in [6.07, 6.45) is 5.45. The fourth-order valence-electron chi connectivity index (χ4n) is 4.65. The molecule has 0 heterocycles. The average Bonchev–Trinajstić information content (AvgIpc) is 2.88. The topological polar surface area (TPSA) is 9.23 Å². The second kappa shape index (κ2) is 8.93. The maximum Gasteiger partial charge on any atom is 0.131 e. The number of hydrogen-bond acceptors (Lipinski definition) is 1. The van der Waals surface area contributed by atoms with Crippen molar-refractivity contribution in [3.05, 3.63) is 115 Å². The Hall–Kier alpha value is -3.67. The zero-order valence-electron chi connectivity index (χ0n) is 19.1. The molecule has 0 spiro atoms. The van der Waals surface area contributed by atoms with Crippen LogP contribution in [0.5, 0.6) is 5.75 Å². The van der Waals surface area contributed by atoms with E-state index < -0.39 is 0 Å². The molecule has 0 N–H and O–H groups in total. The maximum atomic E-state index is 6.54. The third-order valence-electron chi connectivity index (χ3n) is 6.36. The lowest BCUT2D eigenvalue weighted by atomic mass is 10.0. The standard InChI is InChI=1S/C32H25OP/c1-2-3-9-22-16-28-19-24-11-5-7-13-26(24)21-30(28)32(17-22)34-33-31-15-8-14-27-18-23-10-4-6-12-25(23)20-29(27)31/h3-21,34H,2H2,1H3. The summed E-state index contributed by atoms with van der Waals surface area (Å²) >= 11 is 0. The van der Waals surface area contributed by atoms with Gasteiger partial charge in [0.1, 0.15) is 14.6 Å². The molecule has 34 heavy (non-hydrogen) atoms. The minimum Gasteiger partial charge on any atom is -0.472 e. The van der Waals surface area contributed by atoms with Gasteiger partial charge in [0.2, 0.25) is 0 Å². The van der Waals surface area contributed by atoms with Gasteiger partial charge in [-0.15, -0.1) is 0 Å². The van der Waals surface area contributed by atoms with E-state index in [0.717, 1.165) is 17.6 Å². The molecule has 1 atom stereocenters. The van der Waals surface area contributed by atoms with Crippen LogP contribution in [0.25, 0.3) is 49.2 Å². The van der Waals surface area contributed by atoms with Gasteiger partial charge >= 0.3 is 0 Å². The van der Waals surface area contributed by atoms with Crippen LogP contribution in [0.4, 0.5) is 0 Å². The molecule has 6 rings (SSSR count). The Kier molecular flexibility index (Phi) is 5.49. The number of rotatable bonds is 5. The van der Waals surface area contributed by atoms with Gasteiger partial charge in [-0.1, -0.05) is 79.7 Å². The maximum absolute atomic E-state index is 6.54. The van der Waals surface area contributed by atoms with Crippen LogP contribution in [0.15, 0.2) is 109 Å². The van der Waals surface area contributed by atoms with Crippen molar-refractivity contribution in [3.8, 4) is 5.75 Å². The molecule has 0 aromatic heterocycles. The Morgan fingerprint density at radius 1 is 0.618 bits per heavy atom. The molecule has 0 amide bonds. The van der Waals surface area contributed by atoms with Crippen molar-refractivity contribution in [2.75, 3.05) is 0 Å². The van der Waals surface area contributed by atoms with Crippen LogP contribution in [-0.2, 0) is 0 Å². The molecule has 0 aliphatic rings. The van der Waals surface area contributed by atoms with Crippen molar-refractivity contribution in [1.82, 2.24) is 0 Å². The fraction of sp³-hybridized carbons (Fsp3) is 0.0625. The van der Waals surface area contributed by atoms with Gasteiger partial charge in [-0.05, 0) is 92.2 Å². The highest BCUT2D eigenvalue weighted by molar-refractivity contribution is 7.43. The van der Waals surface area contributed by atoms with E-state index in [2.05, 4.69) is 122 Å². The molecule has 1 unspecified atom stereocenters. The predicted molar refractivity (Wildman–Crippen MR) is 151 cm³/mol. The highest BCUT2D eigenvalue weighted by Crippen LogP contribution is 2.34. The zero-order valence-corrected chi connectivity index (χ0v) is 20.1. The Balaban J connectivity index is 1.45. The van der Waals surface area contributed by atoms with Gasteiger partial charge < -0.3 is 4.52 Å². The third kappa shape index (κ3) is 3.94. The van der Waals surface area contributed by atoms with Gasteiger partial charge in [-0.25, -0.2) is 0 Å². The van der Waals surface area contributed by atoms with Crippen LogP contribution in [0.2, 0.25) is 0 Å². The molecule has 0 aliphatic heterocycles. The van der Waals surface area contributed by atoms with Crippen LogP contribution >= 0.6 is 8.81 Å². The average molecular weight is 457 g/mol. The molecule has 0 saturated carbocycles. The fourth-order valence-corrected chi connectivity index (χ4v) is 5.60. The first-order valence-corrected chi connectivity index (χ1v) is 12.7. The number of benzene rings is 6. The largest absolute Gasteiger partial charge is 0.472 e. The first kappa shape index (κ1) is 20.9. The Morgan fingerprint density at radius 2 is 1.24 bits per heavy atom. The van der Waals surface area contributed by atoms with Crippen molar-refractivity contribution in [1.29, 1.82) is 0 Å². The second-order valence-corrected chi connectivity index (χ2v) is 9.63. The lowest BCUT2D eigenvalue weighted by Gasteiger charge is -2.13. The van der Waals surface area contributed by atoms with Crippen LogP contribution in [-0.4, -0.2) is 0 Å². The molecule has 164 valence electrons. The Labute approximate surface area is 201 Å². The van der Waals surface area contributed by atoms with E-state index in [0.29, 0.717) is 0 Å². The van der Waals surface area contributed by atoms with Crippen molar-refractivity contribution >= 4 is 63.3 Å². The van der Waals surface area contributed by atoms with E-state index in [4.69, 9.17) is 4.52 Å². The normalized spacial score (nSPS) is 12.1. The molecule has 2 heteroatoms. The Morgan fingerprint density at radius 3 is 1.94 bits per heavy atom. The molecule has 6 aromatic carbocycles. The van der Waals surface area contributed by atoms with Gasteiger partial charge in [-0.3, -0.25) is 0 Å². The summed E-state index contributed by atoms with van der Waals surface area (Å²) in [5.74, 6) is 0.935. The molecule has 0 fully saturated rings. The quantitative estimate of drug-likeness (QED) is 0.186. The summed E-state index contributed by atoms with van der Waals surface area (Å²) in [6.45, 7) is 2.17. The minimum absolute atomic E-state index is 0.215. The number of fused-ring (bicyclic) bond motifs is 4. The monoisotopic (exact) mass is 456 g/mol. The van der Waals surface area contributed by atoms with E-state index >= 15 is 0 Å². The molecular weight excluding hydrogens is 431 g/mol. The number of allylic oxidation sites excluding steroid dienone is 1. The SMILES string of the molecule is CCC=Cc1cc(POc2cccc3cc4ccccc4cc23)c2cc3ccccc3cc2c1. The zero-order chi connectivity index (χ0) is 22.9.